The van der Waals surface area contributed by atoms with E-state index >= 15 is 0 Å². The molecule has 2 aromatic rings. The zero-order chi connectivity index (χ0) is 13.4. The van der Waals surface area contributed by atoms with Crippen LogP contribution in [0.3, 0.4) is 0 Å². The fourth-order valence-electron chi connectivity index (χ4n) is 2.31. The Bertz CT molecular complexity index is 604. The van der Waals surface area contributed by atoms with E-state index < -0.39 is 0 Å². The van der Waals surface area contributed by atoms with E-state index in [0.717, 1.165) is 16.0 Å². The van der Waals surface area contributed by atoms with Crippen molar-refractivity contribution in [1.82, 2.24) is 9.97 Å². The van der Waals surface area contributed by atoms with E-state index in [1.807, 2.05) is 6.92 Å². The monoisotopic (exact) mass is 299 g/mol. The van der Waals surface area contributed by atoms with Crippen molar-refractivity contribution < 1.29 is 9.84 Å². The lowest BCUT2D eigenvalue weighted by Crippen LogP contribution is -2.48. The zero-order valence-electron chi connectivity index (χ0n) is 10.5. The van der Waals surface area contributed by atoms with E-state index in [1.165, 1.54) is 4.88 Å². The Labute approximate surface area is 119 Å². The molecule has 0 saturated carbocycles. The third kappa shape index (κ3) is 2.41. The number of aliphatic hydroxyl groups is 1. The average Bonchev–Trinajstić information content (AvgIpc) is 2.77. The minimum Gasteiger partial charge on any atom is -0.394 e. The van der Waals surface area contributed by atoms with Crippen LogP contribution in [-0.4, -0.2) is 47.5 Å². The minimum absolute atomic E-state index is 0.0340. The Morgan fingerprint density at radius 3 is 3.21 bits per heavy atom. The predicted octanol–water partition coefficient (Wildman–Crippen LogP) is 1.85. The van der Waals surface area contributed by atoms with Crippen LogP contribution in [0, 0.1) is 6.92 Å². The van der Waals surface area contributed by atoms with Crippen molar-refractivity contribution in [2.45, 2.75) is 13.0 Å². The topological polar surface area (TPSA) is 58.5 Å². The van der Waals surface area contributed by atoms with Gasteiger partial charge >= 0.3 is 0 Å². The van der Waals surface area contributed by atoms with Crippen molar-refractivity contribution in [3.63, 3.8) is 0 Å². The number of hydrogen-bond donors (Lipinski definition) is 1. The van der Waals surface area contributed by atoms with Gasteiger partial charge in [0.1, 0.15) is 10.6 Å². The maximum atomic E-state index is 9.47. The molecule has 3 rings (SSSR count). The second-order valence-corrected chi connectivity index (χ2v) is 6.07. The molecule has 0 aliphatic carbocycles. The summed E-state index contributed by atoms with van der Waals surface area (Å²) >= 11 is 7.60. The van der Waals surface area contributed by atoms with Gasteiger partial charge in [0.25, 0.3) is 0 Å². The highest BCUT2D eigenvalue weighted by Crippen LogP contribution is 2.33. The quantitative estimate of drug-likeness (QED) is 0.858. The summed E-state index contributed by atoms with van der Waals surface area (Å²) in [5.41, 5.74) is 0. The number of aryl methyl sites for hydroxylation is 1. The molecule has 19 heavy (non-hydrogen) atoms. The molecule has 1 unspecified atom stereocenters. The van der Waals surface area contributed by atoms with Gasteiger partial charge in [-0.25, -0.2) is 4.98 Å². The second-order valence-electron chi connectivity index (χ2n) is 4.50. The number of hydrogen-bond acceptors (Lipinski definition) is 6. The van der Waals surface area contributed by atoms with Crippen LogP contribution in [0.5, 0.6) is 0 Å². The van der Waals surface area contributed by atoms with Crippen LogP contribution in [-0.2, 0) is 4.74 Å². The summed E-state index contributed by atoms with van der Waals surface area (Å²) < 4.78 is 5.40. The molecule has 0 amide bonds. The van der Waals surface area contributed by atoms with Crippen molar-refractivity contribution in [1.29, 1.82) is 0 Å². The third-order valence-corrected chi connectivity index (χ3v) is 4.29. The number of aliphatic hydroxyl groups excluding tert-OH is 1. The largest absolute Gasteiger partial charge is 0.394 e. The molecule has 0 spiro atoms. The second kappa shape index (κ2) is 5.20. The fourth-order valence-corrected chi connectivity index (χ4v) is 3.39. The van der Waals surface area contributed by atoms with Crippen LogP contribution < -0.4 is 4.90 Å². The van der Waals surface area contributed by atoms with Crippen molar-refractivity contribution >= 4 is 39.0 Å². The van der Waals surface area contributed by atoms with E-state index in [4.69, 9.17) is 16.3 Å². The smallest absolute Gasteiger partial charge is 0.225 e. The van der Waals surface area contributed by atoms with E-state index in [2.05, 4.69) is 20.9 Å². The Morgan fingerprint density at radius 2 is 2.42 bits per heavy atom. The lowest BCUT2D eigenvalue weighted by Gasteiger charge is -2.35. The number of nitrogens with zero attached hydrogens (tertiary/aromatic N) is 3. The molecule has 3 heterocycles. The van der Waals surface area contributed by atoms with E-state index in [9.17, 15) is 5.11 Å². The van der Waals surface area contributed by atoms with Crippen LogP contribution in [0.1, 0.15) is 4.88 Å². The summed E-state index contributed by atoms with van der Waals surface area (Å²) in [6.07, 6.45) is 0. The number of fused-ring (bicyclic) bond motifs is 1. The molecule has 1 atom stereocenters. The van der Waals surface area contributed by atoms with Gasteiger partial charge in [0.2, 0.25) is 5.28 Å². The highest BCUT2D eigenvalue weighted by molar-refractivity contribution is 7.18. The van der Waals surface area contributed by atoms with Gasteiger partial charge in [-0.05, 0) is 24.6 Å². The number of anilines is 1. The first-order valence-corrected chi connectivity index (χ1v) is 7.27. The fraction of sp³-hybridized carbons (Fsp3) is 0.500. The van der Waals surface area contributed by atoms with Gasteiger partial charge in [-0.2, -0.15) is 4.98 Å². The highest BCUT2D eigenvalue weighted by Gasteiger charge is 2.26. The lowest BCUT2D eigenvalue weighted by atomic mass is 10.2. The standard InChI is InChI=1S/C12H14ClN3O2S/c1-7-4-9-10(14-12(13)15-11(9)19-7)16-2-3-18-6-8(16)5-17/h4,8,17H,2-3,5-6H2,1H3. The van der Waals surface area contributed by atoms with E-state index in [0.29, 0.717) is 19.8 Å². The summed E-state index contributed by atoms with van der Waals surface area (Å²) in [6, 6.07) is 1.98. The van der Waals surface area contributed by atoms with Crippen LogP contribution in [0.4, 0.5) is 5.82 Å². The molecule has 7 heteroatoms. The average molecular weight is 300 g/mol. The zero-order valence-corrected chi connectivity index (χ0v) is 12.0. The van der Waals surface area contributed by atoms with Crippen molar-refractivity contribution in [3.05, 3.63) is 16.2 Å². The summed E-state index contributed by atoms with van der Waals surface area (Å²) in [5.74, 6) is 0.793. The number of morpholine rings is 1. The van der Waals surface area contributed by atoms with Crippen molar-refractivity contribution in [2.75, 3.05) is 31.3 Å². The maximum Gasteiger partial charge on any atom is 0.225 e. The first kappa shape index (κ1) is 13.1. The molecule has 102 valence electrons. The van der Waals surface area contributed by atoms with Gasteiger partial charge in [0, 0.05) is 11.4 Å². The molecule has 0 radical (unpaired) electrons. The van der Waals surface area contributed by atoms with Crippen LogP contribution in [0.2, 0.25) is 5.28 Å². The Balaban J connectivity index is 2.12. The first-order valence-electron chi connectivity index (χ1n) is 6.08. The molecule has 1 aliphatic heterocycles. The van der Waals surface area contributed by atoms with Gasteiger partial charge < -0.3 is 14.7 Å². The molecular weight excluding hydrogens is 286 g/mol. The summed E-state index contributed by atoms with van der Waals surface area (Å²) in [6.45, 7) is 3.90. The molecule has 1 aliphatic rings. The number of halogens is 1. The predicted molar refractivity (Wildman–Crippen MR) is 76.2 cm³/mol. The Morgan fingerprint density at radius 1 is 1.58 bits per heavy atom. The molecule has 1 fully saturated rings. The number of aromatic nitrogens is 2. The molecule has 1 N–H and O–H groups in total. The van der Waals surface area contributed by atoms with Crippen LogP contribution in [0.15, 0.2) is 6.07 Å². The van der Waals surface area contributed by atoms with Crippen LogP contribution in [0.25, 0.3) is 10.2 Å². The van der Waals surface area contributed by atoms with Crippen molar-refractivity contribution in [2.24, 2.45) is 0 Å². The maximum absolute atomic E-state index is 9.47. The third-order valence-electron chi connectivity index (χ3n) is 3.18. The first-order chi connectivity index (χ1) is 9.19. The summed E-state index contributed by atoms with van der Waals surface area (Å²) in [4.78, 5) is 12.7. The van der Waals surface area contributed by atoms with Gasteiger partial charge in [0.15, 0.2) is 0 Å². The SMILES string of the molecule is Cc1cc2c(N3CCOCC3CO)nc(Cl)nc2s1. The van der Waals surface area contributed by atoms with E-state index in [-0.39, 0.29) is 17.9 Å². The molecule has 1 saturated heterocycles. The summed E-state index contributed by atoms with van der Waals surface area (Å²) in [7, 11) is 0. The molecule has 0 aromatic carbocycles. The van der Waals surface area contributed by atoms with Crippen molar-refractivity contribution in [3.8, 4) is 0 Å². The Hall–Kier alpha value is -0.950. The molecular formula is C12H14ClN3O2S. The van der Waals surface area contributed by atoms with Gasteiger partial charge in [-0.1, -0.05) is 0 Å². The number of thiophene rings is 1. The number of rotatable bonds is 2. The molecule has 0 bridgehead atoms. The highest BCUT2D eigenvalue weighted by atomic mass is 35.5. The van der Waals surface area contributed by atoms with Gasteiger partial charge in [-0.15, -0.1) is 11.3 Å². The van der Waals surface area contributed by atoms with Gasteiger partial charge in [-0.3, -0.25) is 0 Å². The van der Waals surface area contributed by atoms with Gasteiger partial charge in [0.05, 0.1) is 31.2 Å². The molecule has 2 aromatic heterocycles. The Kier molecular flexibility index (Phi) is 3.58. The number of ether oxygens (including phenoxy) is 1. The van der Waals surface area contributed by atoms with E-state index in [1.54, 1.807) is 11.3 Å². The molecule has 5 nitrogen and oxygen atoms in total. The minimum atomic E-state index is -0.0804. The normalized spacial score (nSPS) is 20.2. The van der Waals surface area contributed by atoms with Crippen LogP contribution >= 0.6 is 22.9 Å². The lowest BCUT2D eigenvalue weighted by molar-refractivity contribution is 0.0724. The summed E-state index contributed by atoms with van der Waals surface area (Å²) in [5, 5.41) is 10.7.